The van der Waals surface area contributed by atoms with E-state index in [-0.39, 0.29) is 0 Å². The van der Waals surface area contributed by atoms with E-state index in [1.54, 1.807) is 6.92 Å². The molecule has 254 valence electrons. The first-order chi connectivity index (χ1) is 24.2. The third-order valence-electron chi connectivity index (χ3n) is 9.50. The number of aliphatic hydroxyl groups excluding tert-OH is 1. The van der Waals surface area contributed by atoms with Crippen LogP contribution in [0.3, 0.4) is 0 Å². The molecule has 0 bridgehead atoms. The Kier molecular flexibility index (Phi) is 9.29. The van der Waals surface area contributed by atoms with Crippen LogP contribution in [0.25, 0.3) is 44.7 Å². The number of oxazole rings is 1. The van der Waals surface area contributed by atoms with E-state index in [1.807, 2.05) is 49.5 Å². The highest BCUT2D eigenvalue weighted by Gasteiger charge is 2.22. The molecule has 0 spiro atoms. The van der Waals surface area contributed by atoms with Crippen molar-refractivity contribution in [2.24, 2.45) is 5.92 Å². The molecular formula is C40H42N8O2. The highest BCUT2D eigenvalue weighted by molar-refractivity contribution is 5.89. The molecule has 1 fully saturated rings. The van der Waals surface area contributed by atoms with Crippen molar-refractivity contribution < 1.29 is 9.52 Å². The topological polar surface area (TPSA) is 136 Å². The number of anilines is 2. The van der Waals surface area contributed by atoms with E-state index in [2.05, 4.69) is 65.6 Å². The van der Waals surface area contributed by atoms with Crippen LogP contribution < -0.4 is 10.6 Å². The van der Waals surface area contributed by atoms with Crippen LogP contribution in [-0.2, 0) is 13.1 Å². The zero-order chi connectivity index (χ0) is 34.9. The second-order valence-corrected chi connectivity index (χ2v) is 13.6. The van der Waals surface area contributed by atoms with E-state index in [0.29, 0.717) is 58.7 Å². The van der Waals surface area contributed by atoms with E-state index in [0.717, 1.165) is 69.8 Å². The summed E-state index contributed by atoms with van der Waals surface area (Å²) in [5.41, 5.74) is 11.3. The zero-order valence-corrected chi connectivity index (χ0v) is 29.2. The maximum Gasteiger partial charge on any atom is 0.227 e. The number of likely N-dealkylation sites (tertiary alicyclic amines) is 1. The lowest BCUT2D eigenvalue weighted by Crippen LogP contribution is -2.23. The SMILES string of the molecule is Cc1nc(Nc2cccc(-c3cccc(-c4nc5cc(CN6CC[C@@H](C)C6)cc(C#N)c5o4)c3C)c2C)c2ncc(CNC[C@H](C)O)cc2n1. The molecule has 3 aromatic carbocycles. The minimum atomic E-state index is -0.421. The first-order valence-electron chi connectivity index (χ1n) is 17.2. The van der Waals surface area contributed by atoms with Gasteiger partial charge in [0.25, 0.3) is 0 Å². The molecule has 3 N–H and O–H groups in total. The van der Waals surface area contributed by atoms with Crippen LogP contribution in [0.4, 0.5) is 11.5 Å². The molecule has 0 amide bonds. The molecule has 1 aliphatic rings. The van der Waals surface area contributed by atoms with Crippen molar-refractivity contribution in [3.63, 3.8) is 0 Å². The Hall–Kier alpha value is -5.21. The van der Waals surface area contributed by atoms with Gasteiger partial charge in [0.1, 0.15) is 22.9 Å². The molecule has 0 saturated carbocycles. The van der Waals surface area contributed by atoms with Gasteiger partial charge in [-0.15, -0.1) is 0 Å². The van der Waals surface area contributed by atoms with Gasteiger partial charge in [0.15, 0.2) is 11.4 Å². The lowest BCUT2D eigenvalue weighted by molar-refractivity contribution is 0.191. The smallest absolute Gasteiger partial charge is 0.227 e. The van der Waals surface area contributed by atoms with Crippen molar-refractivity contribution >= 4 is 33.6 Å². The minimum absolute atomic E-state index is 0.421. The highest BCUT2D eigenvalue weighted by Crippen LogP contribution is 2.38. The van der Waals surface area contributed by atoms with Crippen LogP contribution in [0.15, 0.2) is 65.2 Å². The van der Waals surface area contributed by atoms with Crippen LogP contribution in [-0.4, -0.2) is 55.7 Å². The molecule has 3 aromatic heterocycles. The third-order valence-corrected chi connectivity index (χ3v) is 9.50. The van der Waals surface area contributed by atoms with Gasteiger partial charge in [0, 0.05) is 43.6 Å². The van der Waals surface area contributed by atoms with Crippen LogP contribution in [0.5, 0.6) is 0 Å². The molecule has 50 heavy (non-hydrogen) atoms. The molecule has 0 aliphatic carbocycles. The molecule has 10 nitrogen and oxygen atoms in total. The Labute approximate surface area is 292 Å². The van der Waals surface area contributed by atoms with Crippen molar-refractivity contribution in [3.8, 4) is 28.7 Å². The van der Waals surface area contributed by atoms with Crippen LogP contribution in [0.2, 0.25) is 0 Å². The number of nitrogens with zero attached hydrogens (tertiary/aromatic N) is 6. The summed E-state index contributed by atoms with van der Waals surface area (Å²) in [6.45, 7) is 14.1. The van der Waals surface area contributed by atoms with Crippen molar-refractivity contribution in [2.75, 3.05) is 25.0 Å². The van der Waals surface area contributed by atoms with E-state index < -0.39 is 6.10 Å². The molecular weight excluding hydrogens is 624 g/mol. The summed E-state index contributed by atoms with van der Waals surface area (Å²) in [5, 5.41) is 26.4. The molecule has 6 aromatic rings. The number of aromatic nitrogens is 4. The van der Waals surface area contributed by atoms with Gasteiger partial charge in [0.2, 0.25) is 5.89 Å². The summed E-state index contributed by atoms with van der Waals surface area (Å²) < 4.78 is 6.32. The highest BCUT2D eigenvalue weighted by atomic mass is 16.3. The van der Waals surface area contributed by atoms with Crippen molar-refractivity contribution in [1.29, 1.82) is 5.26 Å². The average molecular weight is 667 g/mol. The predicted molar refractivity (Wildman–Crippen MR) is 197 cm³/mol. The molecule has 0 unspecified atom stereocenters. The second-order valence-electron chi connectivity index (χ2n) is 13.6. The Morgan fingerprint density at radius 2 is 1.74 bits per heavy atom. The quantitative estimate of drug-likeness (QED) is 0.136. The van der Waals surface area contributed by atoms with Gasteiger partial charge in [0.05, 0.1) is 17.2 Å². The number of hydrogen-bond acceptors (Lipinski definition) is 10. The van der Waals surface area contributed by atoms with Crippen molar-refractivity contribution in [3.05, 3.63) is 94.4 Å². The standard InChI is InChI=1S/C40H42N8O2/c1-23-12-13-48(21-23)22-28-14-30(17-41)38-36(15-28)47-40(50-38)33-10-6-8-31(25(33)3)32-9-7-11-34(26(32)4)46-39-37-35(44-27(5)45-39)16-29(20-43-37)19-42-18-24(2)49/h6-11,14-16,20,23-24,42,49H,12-13,18-19,21-22H2,1-5H3,(H,44,45,46)/t23-,24+/m1/s1. The first-order valence-corrected chi connectivity index (χ1v) is 17.2. The lowest BCUT2D eigenvalue weighted by Gasteiger charge is -2.17. The fourth-order valence-corrected chi connectivity index (χ4v) is 6.94. The summed E-state index contributed by atoms with van der Waals surface area (Å²) in [5.74, 6) is 2.48. The van der Waals surface area contributed by atoms with Gasteiger partial charge in [-0.2, -0.15) is 5.26 Å². The molecule has 0 radical (unpaired) electrons. The Bertz CT molecular complexity index is 2250. The normalized spacial score (nSPS) is 15.5. The summed E-state index contributed by atoms with van der Waals surface area (Å²) in [6.07, 6.45) is 2.60. The van der Waals surface area contributed by atoms with Gasteiger partial charge < -0.3 is 20.2 Å². The first kappa shape index (κ1) is 33.3. The fourth-order valence-electron chi connectivity index (χ4n) is 6.94. The van der Waals surface area contributed by atoms with Crippen LogP contribution >= 0.6 is 0 Å². The number of rotatable bonds is 10. The minimum Gasteiger partial charge on any atom is -0.435 e. The average Bonchev–Trinajstić information content (AvgIpc) is 3.70. The van der Waals surface area contributed by atoms with Crippen molar-refractivity contribution in [2.45, 2.75) is 60.2 Å². The Morgan fingerprint density at radius 1 is 0.980 bits per heavy atom. The van der Waals surface area contributed by atoms with Crippen LogP contribution in [0, 0.1) is 38.0 Å². The maximum atomic E-state index is 10.0. The molecule has 4 heterocycles. The Morgan fingerprint density at radius 3 is 2.50 bits per heavy atom. The van der Waals surface area contributed by atoms with Crippen molar-refractivity contribution in [1.82, 2.24) is 30.2 Å². The van der Waals surface area contributed by atoms with Gasteiger partial charge in [-0.3, -0.25) is 9.88 Å². The lowest BCUT2D eigenvalue weighted by atomic mass is 9.93. The summed E-state index contributed by atoms with van der Waals surface area (Å²) in [6, 6.07) is 20.7. The van der Waals surface area contributed by atoms with E-state index in [9.17, 15) is 10.4 Å². The molecule has 7 rings (SSSR count). The number of nitrogens with one attached hydrogen (secondary N) is 2. The summed E-state index contributed by atoms with van der Waals surface area (Å²) in [7, 11) is 0. The number of nitriles is 1. The third kappa shape index (κ3) is 6.81. The number of fused-ring (bicyclic) bond motifs is 2. The van der Waals surface area contributed by atoms with E-state index in [1.165, 1.54) is 6.42 Å². The van der Waals surface area contributed by atoms with Crippen LogP contribution in [0.1, 0.15) is 53.9 Å². The number of pyridine rings is 1. The maximum absolute atomic E-state index is 10.0. The predicted octanol–water partition coefficient (Wildman–Crippen LogP) is 7.35. The largest absolute Gasteiger partial charge is 0.435 e. The summed E-state index contributed by atoms with van der Waals surface area (Å²) in [4.78, 5) is 21.4. The number of hydrogen-bond donors (Lipinski definition) is 3. The molecule has 10 heteroatoms. The zero-order valence-electron chi connectivity index (χ0n) is 29.2. The van der Waals surface area contributed by atoms with Gasteiger partial charge >= 0.3 is 0 Å². The molecule has 1 aliphatic heterocycles. The van der Waals surface area contributed by atoms with E-state index >= 15 is 0 Å². The number of aliphatic hydroxyl groups is 1. The monoisotopic (exact) mass is 666 g/mol. The number of benzene rings is 3. The van der Waals surface area contributed by atoms with Gasteiger partial charge in [-0.05, 0) is 110 Å². The molecule has 2 atom stereocenters. The Balaban J connectivity index is 1.19. The summed E-state index contributed by atoms with van der Waals surface area (Å²) >= 11 is 0. The second kappa shape index (κ2) is 14.0. The number of aryl methyl sites for hydroxylation is 1. The van der Waals surface area contributed by atoms with E-state index in [4.69, 9.17) is 19.4 Å². The van der Waals surface area contributed by atoms with Gasteiger partial charge in [-0.1, -0.05) is 31.2 Å². The fraction of sp³-hybridized carbons (Fsp3) is 0.325. The molecule has 1 saturated heterocycles. The van der Waals surface area contributed by atoms with Gasteiger partial charge in [-0.25, -0.2) is 15.0 Å².